The van der Waals surface area contributed by atoms with Gasteiger partial charge in [0.05, 0.1) is 9.79 Å². The summed E-state index contributed by atoms with van der Waals surface area (Å²) in [6.07, 6.45) is 2.56. The fourth-order valence-corrected chi connectivity index (χ4v) is 5.41. The van der Waals surface area contributed by atoms with E-state index < -0.39 is 25.6 Å². The van der Waals surface area contributed by atoms with Crippen LogP contribution in [0.1, 0.15) is 33.1 Å². The van der Waals surface area contributed by atoms with E-state index in [1.807, 2.05) is 0 Å². The molecule has 1 saturated carbocycles. The van der Waals surface area contributed by atoms with E-state index in [4.69, 9.17) is 5.73 Å². The molecule has 0 spiro atoms. The smallest absolute Gasteiger partial charge is 0.243 e. The van der Waals surface area contributed by atoms with Crippen LogP contribution in [0.15, 0.2) is 34.1 Å². The van der Waals surface area contributed by atoms with Crippen molar-refractivity contribution in [1.29, 1.82) is 0 Å². The molecular formula is C15H26ClN3O4S2. The van der Waals surface area contributed by atoms with Gasteiger partial charge in [-0.2, -0.15) is 4.31 Å². The van der Waals surface area contributed by atoms with Crippen molar-refractivity contribution in [1.82, 2.24) is 9.03 Å². The van der Waals surface area contributed by atoms with Crippen molar-refractivity contribution in [3.05, 3.63) is 24.3 Å². The number of hydrogen-bond donors (Lipinski definition) is 2. The molecule has 25 heavy (non-hydrogen) atoms. The first-order chi connectivity index (χ1) is 11.1. The normalized spacial score (nSPS) is 17.0. The summed E-state index contributed by atoms with van der Waals surface area (Å²) in [5.41, 5.74) is 5.55. The van der Waals surface area contributed by atoms with Crippen LogP contribution in [-0.2, 0) is 20.0 Å². The maximum absolute atomic E-state index is 12.5. The standard InChI is InChI=1S/C15H25N3O4S2.ClH/c1-3-18(4-2)24(21,22)14-8-5-7-13(11-14)23(19,20)17-12-15(16)9-6-10-15;/h5,7-8,11,17H,3-4,6,9-10,12,16H2,1-2H3;1H. The fraction of sp³-hybridized carbons (Fsp3) is 0.600. The zero-order chi connectivity index (χ0) is 18.0. The molecule has 0 atom stereocenters. The SMILES string of the molecule is CCN(CC)S(=O)(=O)c1cccc(S(=O)(=O)NCC2(N)CCC2)c1.Cl. The van der Waals surface area contributed by atoms with Crippen molar-refractivity contribution in [3.63, 3.8) is 0 Å². The lowest BCUT2D eigenvalue weighted by Gasteiger charge is -2.38. The van der Waals surface area contributed by atoms with Gasteiger partial charge in [0.25, 0.3) is 0 Å². The van der Waals surface area contributed by atoms with E-state index in [1.54, 1.807) is 13.8 Å². The van der Waals surface area contributed by atoms with E-state index >= 15 is 0 Å². The van der Waals surface area contributed by atoms with Crippen molar-refractivity contribution in [2.75, 3.05) is 19.6 Å². The molecule has 1 aliphatic carbocycles. The van der Waals surface area contributed by atoms with Crippen LogP contribution in [0, 0.1) is 0 Å². The topological polar surface area (TPSA) is 110 Å². The van der Waals surface area contributed by atoms with Crippen LogP contribution < -0.4 is 10.5 Å². The van der Waals surface area contributed by atoms with Crippen LogP contribution in [0.4, 0.5) is 0 Å². The summed E-state index contributed by atoms with van der Waals surface area (Å²) >= 11 is 0. The van der Waals surface area contributed by atoms with Gasteiger partial charge in [-0.15, -0.1) is 12.4 Å². The number of hydrogen-bond acceptors (Lipinski definition) is 5. The Balaban J connectivity index is 0.00000312. The highest BCUT2D eigenvalue weighted by Gasteiger charge is 2.34. The molecule has 0 aliphatic heterocycles. The van der Waals surface area contributed by atoms with E-state index in [2.05, 4.69) is 4.72 Å². The van der Waals surface area contributed by atoms with Gasteiger partial charge in [0.2, 0.25) is 20.0 Å². The summed E-state index contributed by atoms with van der Waals surface area (Å²) < 4.78 is 53.7. The summed E-state index contributed by atoms with van der Waals surface area (Å²) in [5.74, 6) is 0. The molecule has 0 heterocycles. The van der Waals surface area contributed by atoms with Gasteiger partial charge in [-0.25, -0.2) is 21.6 Å². The molecule has 10 heteroatoms. The number of nitrogens with zero attached hydrogens (tertiary/aromatic N) is 1. The third-order valence-electron chi connectivity index (χ3n) is 4.42. The first-order valence-electron chi connectivity index (χ1n) is 8.03. The van der Waals surface area contributed by atoms with Crippen molar-refractivity contribution in [3.8, 4) is 0 Å². The Morgan fingerprint density at radius 2 is 1.68 bits per heavy atom. The Kier molecular flexibility index (Phi) is 7.43. The minimum absolute atomic E-state index is 0. The van der Waals surface area contributed by atoms with Gasteiger partial charge < -0.3 is 5.73 Å². The highest BCUT2D eigenvalue weighted by atomic mass is 35.5. The van der Waals surface area contributed by atoms with Crippen molar-refractivity contribution in [2.24, 2.45) is 5.73 Å². The monoisotopic (exact) mass is 411 g/mol. The summed E-state index contributed by atoms with van der Waals surface area (Å²) in [4.78, 5) is -0.0983. The Bertz CT molecular complexity index is 789. The summed E-state index contributed by atoms with van der Waals surface area (Å²) in [6.45, 7) is 4.28. The van der Waals surface area contributed by atoms with E-state index in [-0.39, 0.29) is 28.7 Å². The number of rotatable bonds is 8. The van der Waals surface area contributed by atoms with Crippen LogP contribution in [0.3, 0.4) is 0 Å². The van der Waals surface area contributed by atoms with Gasteiger partial charge in [-0.05, 0) is 37.5 Å². The molecule has 2 rings (SSSR count). The average Bonchev–Trinajstić information content (AvgIpc) is 2.52. The van der Waals surface area contributed by atoms with Crippen LogP contribution in [-0.4, -0.2) is 46.3 Å². The van der Waals surface area contributed by atoms with E-state index in [9.17, 15) is 16.8 Å². The van der Waals surface area contributed by atoms with Crippen molar-refractivity contribution < 1.29 is 16.8 Å². The van der Waals surface area contributed by atoms with Crippen LogP contribution >= 0.6 is 12.4 Å². The molecule has 0 radical (unpaired) electrons. The van der Waals surface area contributed by atoms with Gasteiger partial charge in [0.1, 0.15) is 0 Å². The van der Waals surface area contributed by atoms with Crippen LogP contribution in [0.5, 0.6) is 0 Å². The maximum atomic E-state index is 12.5. The molecule has 0 saturated heterocycles. The second-order valence-electron chi connectivity index (χ2n) is 6.10. The quantitative estimate of drug-likeness (QED) is 0.669. The lowest BCUT2D eigenvalue weighted by molar-refractivity contribution is 0.251. The number of sulfonamides is 2. The van der Waals surface area contributed by atoms with Crippen LogP contribution in [0.25, 0.3) is 0 Å². The first-order valence-corrected chi connectivity index (χ1v) is 11.0. The Labute approximate surface area is 156 Å². The number of nitrogens with two attached hydrogens (primary N) is 1. The first kappa shape index (κ1) is 22.3. The highest BCUT2D eigenvalue weighted by Crippen LogP contribution is 2.28. The average molecular weight is 412 g/mol. The van der Waals surface area contributed by atoms with E-state index in [0.717, 1.165) is 19.3 Å². The summed E-state index contributed by atoms with van der Waals surface area (Å²) in [5, 5.41) is 0. The van der Waals surface area contributed by atoms with Crippen molar-refractivity contribution in [2.45, 2.75) is 48.4 Å². The van der Waals surface area contributed by atoms with Gasteiger partial charge in [0, 0.05) is 25.2 Å². The largest absolute Gasteiger partial charge is 0.324 e. The molecule has 0 unspecified atom stereocenters. The Hall–Kier alpha value is -0.710. The molecule has 144 valence electrons. The third-order valence-corrected chi connectivity index (χ3v) is 7.87. The molecule has 1 aliphatic rings. The van der Waals surface area contributed by atoms with Gasteiger partial charge in [-0.3, -0.25) is 0 Å². The molecule has 0 bridgehead atoms. The Morgan fingerprint density at radius 3 is 2.16 bits per heavy atom. The second kappa shape index (κ2) is 8.32. The molecule has 0 amide bonds. The van der Waals surface area contributed by atoms with Gasteiger partial charge in [-0.1, -0.05) is 19.9 Å². The number of nitrogens with one attached hydrogen (secondary N) is 1. The minimum Gasteiger partial charge on any atom is -0.324 e. The zero-order valence-corrected chi connectivity index (χ0v) is 16.9. The maximum Gasteiger partial charge on any atom is 0.243 e. The van der Waals surface area contributed by atoms with Crippen LogP contribution in [0.2, 0.25) is 0 Å². The van der Waals surface area contributed by atoms with Gasteiger partial charge >= 0.3 is 0 Å². The fourth-order valence-electron chi connectivity index (χ4n) is 2.64. The summed E-state index contributed by atoms with van der Waals surface area (Å²) in [6, 6.07) is 5.42. The third kappa shape index (κ3) is 4.93. The lowest BCUT2D eigenvalue weighted by atomic mass is 9.78. The minimum atomic E-state index is -3.80. The molecular weight excluding hydrogens is 386 g/mol. The number of benzene rings is 1. The van der Waals surface area contributed by atoms with E-state index in [1.165, 1.54) is 28.6 Å². The molecule has 1 fully saturated rings. The molecule has 7 nitrogen and oxygen atoms in total. The predicted molar refractivity (Wildman–Crippen MR) is 99.8 cm³/mol. The predicted octanol–water partition coefficient (Wildman–Crippen LogP) is 1.30. The lowest BCUT2D eigenvalue weighted by Crippen LogP contribution is -2.54. The molecule has 3 N–H and O–H groups in total. The molecule has 1 aromatic rings. The zero-order valence-electron chi connectivity index (χ0n) is 14.4. The van der Waals surface area contributed by atoms with E-state index in [0.29, 0.717) is 13.1 Å². The summed E-state index contributed by atoms with van der Waals surface area (Å²) in [7, 11) is -7.51. The highest BCUT2D eigenvalue weighted by molar-refractivity contribution is 7.90. The number of halogens is 1. The van der Waals surface area contributed by atoms with Crippen molar-refractivity contribution >= 4 is 32.5 Å². The Morgan fingerprint density at radius 1 is 1.12 bits per heavy atom. The van der Waals surface area contributed by atoms with Gasteiger partial charge in [0.15, 0.2) is 0 Å². The molecule has 1 aromatic carbocycles. The molecule has 0 aromatic heterocycles. The second-order valence-corrected chi connectivity index (χ2v) is 9.81.